The number of hydrogen-bond donors (Lipinski definition) is 1. The van der Waals surface area contributed by atoms with Gasteiger partial charge >= 0.3 is 0 Å². The minimum Gasteiger partial charge on any atom is -0.377 e. The summed E-state index contributed by atoms with van der Waals surface area (Å²) in [6.45, 7) is 1.92. The Labute approximate surface area is 134 Å². The van der Waals surface area contributed by atoms with E-state index < -0.39 is 0 Å². The molecule has 3 rings (SSSR count). The first kappa shape index (κ1) is 15.5. The lowest BCUT2D eigenvalue weighted by Gasteiger charge is -2.23. The first-order valence-electron chi connectivity index (χ1n) is 8.05. The molecule has 0 amide bonds. The second-order valence-corrected chi connectivity index (χ2v) is 5.84. The highest BCUT2D eigenvalue weighted by Crippen LogP contribution is 2.32. The van der Waals surface area contributed by atoms with Crippen LogP contribution in [0, 0.1) is 10.1 Å². The first-order valence-corrected chi connectivity index (χ1v) is 8.05. The largest absolute Gasteiger partial charge is 0.377 e. The van der Waals surface area contributed by atoms with Gasteiger partial charge in [-0.3, -0.25) is 10.1 Å². The Hall–Kier alpha value is -2.44. The van der Waals surface area contributed by atoms with Crippen molar-refractivity contribution in [2.75, 3.05) is 5.32 Å². The van der Waals surface area contributed by atoms with Crippen LogP contribution in [0.3, 0.4) is 0 Å². The van der Waals surface area contributed by atoms with Crippen LogP contribution < -0.4 is 5.32 Å². The van der Waals surface area contributed by atoms with Crippen LogP contribution in [0.5, 0.6) is 0 Å². The van der Waals surface area contributed by atoms with E-state index in [1.54, 1.807) is 12.1 Å². The van der Waals surface area contributed by atoms with E-state index in [0.717, 1.165) is 12.8 Å². The average molecular weight is 316 g/mol. The summed E-state index contributed by atoms with van der Waals surface area (Å²) in [6, 6.07) is 5.32. The second-order valence-electron chi connectivity index (χ2n) is 5.84. The Kier molecular flexibility index (Phi) is 4.55. The lowest BCUT2D eigenvalue weighted by Crippen LogP contribution is -2.22. The summed E-state index contributed by atoms with van der Waals surface area (Å²) in [5, 5.41) is 18.6. The lowest BCUT2D eigenvalue weighted by molar-refractivity contribution is -0.383. The molecular weight excluding hydrogens is 296 g/mol. The van der Waals surface area contributed by atoms with Gasteiger partial charge in [0.25, 0.3) is 11.6 Å². The summed E-state index contributed by atoms with van der Waals surface area (Å²) in [5.41, 5.74) is 1.17. The number of rotatable bonds is 5. The number of nitrogens with zero attached hydrogens (tertiary/aromatic N) is 3. The summed E-state index contributed by atoms with van der Waals surface area (Å²) < 4.78 is 5.16. The predicted molar refractivity (Wildman–Crippen MR) is 86.3 cm³/mol. The molecule has 1 aliphatic carbocycles. The zero-order valence-corrected chi connectivity index (χ0v) is 13.1. The second kappa shape index (κ2) is 6.76. The summed E-state index contributed by atoms with van der Waals surface area (Å²) >= 11 is 0. The van der Waals surface area contributed by atoms with Crippen molar-refractivity contribution in [1.82, 2.24) is 10.1 Å². The van der Waals surface area contributed by atoms with Crippen molar-refractivity contribution < 1.29 is 9.45 Å². The van der Waals surface area contributed by atoms with E-state index in [4.69, 9.17) is 4.52 Å². The Morgan fingerprint density at radius 1 is 1.35 bits per heavy atom. The van der Waals surface area contributed by atoms with Crippen molar-refractivity contribution >= 4 is 11.4 Å². The summed E-state index contributed by atoms with van der Waals surface area (Å²) in [6.07, 6.45) is 6.37. The van der Waals surface area contributed by atoms with E-state index in [1.165, 1.54) is 25.3 Å². The van der Waals surface area contributed by atoms with Gasteiger partial charge in [0.2, 0.25) is 0 Å². The van der Waals surface area contributed by atoms with Crippen LogP contribution >= 0.6 is 0 Å². The van der Waals surface area contributed by atoms with Gasteiger partial charge in [-0.25, -0.2) is 0 Å². The molecule has 0 aliphatic heterocycles. The number of aromatic nitrogens is 2. The molecule has 23 heavy (non-hydrogen) atoms. The van der Waals surface area contributed by atoms with Crippen LogP contribution in [-0.2, 0) is 6.42 Å². The van der Waals surface area contributed by atoms with Crippen molar-refractivity contribution in [3.05, 3.63) is 34.1 Å². The number of anilines is 1. The van der Waals surface area contributed by atoms with E-state index in [9.17, 15) is 10.1 Å². The number of aryl methyl sites for hydroxylation is 1. The molecule has 0 bridgehead atoms. The molecule has 7 heteroatoms. The SMILES string of the molecule is CCc1noc(-c2ccc(NC3CCCCC3)c([N+](=O)[O-])c2)n1. The van der Waals surface area contributed by atoms with Gasteiger partial charge in [0, 0.05) is 24.1 Å². The van der Waals surface area contributed by atoms with Crippen LogP contribution in [0.4, 0.5) is 11.4 Å². The van der Waals surface area contributed by atoms with Gasteiger partial charge in [-0.05, 0) is 25.0 Å². The molecule has 1 heterocycles. The molecule has 2 aromatic rings. The minimum atomic E-state index is -0.369. The zero-order chi connectivity index (χ0) is 16.2. The van der Waals surface area contributed by atoms with Crippen LogP contribution in [0.15, 0.2) is 22.7 Å². The van der Waals surface area contributed by atoms with Gasteiger partial charge < -0.3 is 9.84 Å². The number of nitro groups is 1. The maximum atomic E-state index is 11.4. The van der Waals surface area contributed by atoms with Crippen molar-refractivity contribution in [3.8, 4) is 11.5 Å². The number of nitro benzene ring substituents is 1. The van der Waals surface area contributed by atoms with Crippen LogP contribution in [0.2, 0.25) is 0 Å². The molecule has 1 aliphatic rings. The molecule has 1 saturated carbocycles. The average Bonchev–Trinajstić information content (AvgIpc) is 3.05. The van der Waals surface area contributed by atoms with Crippen molar-refractivity contribution in [3.63, 3.8) is 0 Å². The summed E-state index contributed by atoms with van der Waals surface area (Å²) in [5.74, 6) is 0.904. The standard InChI is InChI=1S/C16H20N4O3/c1-2-15-18-16(23-19-15)11-8-9-13(14(10-11)20(21)22)17-12-6-4-3-5-7-12/h8-10,12,17H,2-7H2,1H3. The lowest BCUT2D eigenvalue weighted by atomic mass is 9.95. The maximum absolute atomic E-state index is 11.4. The van der Waals surface area contributed by atoms with Crippen molar-refractivity contribution in [2.24, 2.45) is 0 Å². The molecule has 1 fully saturated rings. The van der Waals surface area contributed by atoms with Crippen molar-refractivity contribution in [1.29, 1.82) is 0 Å². The maximum Gasteiger partial charge on any atom is 0.293 e. The third-order valence-corrected chi connectivity index (χ3v) is 4.19. The fourth-order valence-electron chi connectivity index (χ4n) is 2.92. The fourth-order valence-corrected chi connectivity index (χ4v) is 2.92. The monoisotopic (exact) mass is 316 g/mol. The van der Waals surface area contributed by atoms with E-state index in [1.807, 2.05) is 6.92 Å². The van der Waals surface area contributed by atoms with Crippen LogP contribution in [-0.4, -0.2) is 21.1 Å². The van der Waals surface area contributed by atoms with Gasteiger partial charge in [0.15, 0.2) is 5.82 Å². The van der Waals surface area contributed by atoms with E-state index >= 15 is 0 Å². The quantitative estimate of drug-likeness (QED) is 0.663. The van der Waals surface area contributed by atoms with Crippen LogP contribution in [0.25, 0.3) is 11.5 Å². The molecule has 1 aromatic heterocycles. The highest BCUT2D eigenvalue weighted by atomic mass is 16.6. The summed E-state index contributed by atoms with van der Waals surface area (Å²) in [4.78, 5) is 15.3. The Bertz CT molecular complexity index is 692. The van der Waals surface area contributed by atoms with Gasteiger partial charge in [0.05, 0.1) is 4.92 Å². The number of nitrogens with one attached hydrogen (secondary N) is 1. The fraction of sp³-hybridized carbons (Fsp3) is 0.500. The smallest absolute Gasteiger partial charge is 0.293 e. The van der Waals surface area contributed by atoms with Gasteiger partial charge in [0.1, 0.15) is 5.69 Å². The third kappa shape index (κ3) is 3.49. The zero-order valence-electron chi connectivity index (χ0n) is 13.1. The number of benzene rings is 1. The molecule has 0 atom stereocenters. The molecule has 1 aromatic carbocycles. The molecule has 122 valence electrons. The molecule has 7 nitrogen and oxygen atoms in total. The normalized spacial score (nSPS) is 15.5. The molecule has 1 N–H and O–H groups in total. The van der Waals surface area contributed by atoms with Gasteiger partial charge in [-0.2, -0.15) is 4.98 Å². The minimum absolute atomic E-state index is 0.0457. The number of hydrogen-bond acceptors (Lipinski definition) is 6. The molecular formula is C16H20N4O3. The van der Waals surface area contributed by atoms with E-state index in [2.05, 4.69) is 15.5 Å². The Balaban J connectivity index is 1.87. The molecule has 0 spiro atoms. The topological polar surface area (TPSA) is 94.1 Å². The molecule has 0 unspecified atom stereocenters. The predicted octanol–water partition coefficient (Wildman–Crippen LogP) is 3.95. The highest BCUT2D eigenvalue weighted by molar-refractivity contribution is 5.70. The Morgan fingerprint density at radius 2 is 2.13 bits per heavy atom. The van der Waals surface area contributed by atoms with E-state index in [0.29, 0.717) is 35.4 Å². The highest BCUT2D eigenvalue weighted by Gasteiger charge is 2.21. The van der Waals surface area contributed by atoms with Crippen LogP contribution in [0.1, 0.15) is 44.9 Å². The molecule has 0 saturated heterocycles. The van der Waals surface area contributed by atoms with Gasteiger partial charge in [-0.15, -0.1) is 0 Å². The summed E-state index contributed by atoms with van der Waals surface area (Å²) in [7, 11) is 0. The Morgan fingerprint density at radius 3 is 2.78 bits per heavy atom. The van der Waals surface area contributed by atoms with E-state index in [-0.39, 0.29) is 10.6 Å². The molecule has 0 radical (unpaired) electrons. The first-order chi connectivity index (χ1) is 11.2. The third-order valence-electron chi connectivity index (χ3n) is 4.19. The van der Waals surface area contributed by atoms with Gasteiger partial charge in [-0.1, -0.05) is 31.3 Å². The van der Waals surface area contributed by atoms with Crippen molar-refractivity contribution in [2.45, 2.75) is 51.5 Å².